The maximum absolute atomic E-state index is 5.50. The van der Waals surface area contributed by atoms with Gasteiger partial charge in [-0.2, -0.15) is 0 Å². The maximum atomic E-state index is 5.50. The molecule has 2 heterocycles. The molecule has 0 saturated carbocycles. The van der Waals surface area contributed by atoms with Crippen LogP contribution in [0.5, 0.6) is 0 Å². The quantitative estimate of drug-likeness (QED) is 0.716. The summed E-state index contributed by atoms with van der Waals surface area (Å²) in [6.07, 6.45) is 3.83. The first kappa shape index (κ1) is 11.4. The largest absolute Gasteiger partial charge is 0.380 e. The van der Waals surface area contributed by atoms with E-state index in [-0.39, 0.29) is 0 Å². The average molecular weight is 212 g/mol. The molecule has 0 aliphatic carbocycles. The van der Waals surface area contributed by atoms with E-state index in [9.17, 15) is 0 Å². The lowest BCUT2D eigenvalue weighted by Crippen LogP contribution is -2.50. The Labute approximate surface area is 93.0 Å². The second-order valence-corrected chi connectivity index (χ2v) is 5.61. The van der Waals surface area contributed by atoms with Gasteiger partial charge in [0.15, 0.2) is 0 Å². The SMILES string of the molecule is CC1(CCN2CC(CCCN)C2)COC1. The third-order valence-electron chi connectivity index (χ3n) is 3.78. The van der Waals surface area contributed by atoms with Crippen LogP contribution >= 0.6 is 0 Å². The molecule has 88 valence electrons. The van der Waals surface area contributed by atoms with Gasteiger partial charge in [-0.15, -0.1) is 0 Å². The molecule has 0 aromatic rings. The molecule has 2 aliphatic heterocycles. The lowest BCUT2D eigenvalue weighted by atomic mass is 9.84. The average Bonchev–Trinajstić information content (AvgIpc) is 2.12. The van der Waals surface area contributed by atoms with Gasteiger partial charge in [0, 0.05) is 18.5 Å². The zero-order chi connectivity index (χ0) is 10.7. The predicted octanol–water partition coefficient (Wildman–Crippen LogP) is 1.08. The zero-order valence-corrected chi connectivity index (χ0v) is 9.87. The monoisotopic (exact) mass is 212 g/mol. The van der Waals surface area contributed by atoms with Crippen molar-refractivity contribution in [2.24, 2.45) is 17.1 Å². The van der Waals surface area contributed by atoms with E-state index in [0.29, 0.717) is 5.41 Å². The Hall–Kier alpha value is -0.120. The molecule has 0 unspecified atom stereocenters. The summed E-state index contributed by atoms with van der Waals surface area (Å²) in [4.78, 5) is 2.57. The number of ether oxygens (including phenoxy) is 1. The number of hydrogen-bond acceptors (Lipinski definition) is 3. The van der Waals surface area contributed by atoms with Gasteiger partial charge in [0.25, 0.3) is 0 Å². The maximum Gasteiger partial charge on any atom is 0.0542 e. The van der Waals surface area contributed by atoms with Crippen molar-refractivity contribution >= 4 is 0 Å². The van der Waals surface area contributed by atoms with Crippen LogP contribution in [0.4, 0.5) is 0 Å². The fourth-order valence-electron chi connectivity index (χ4n) is 2.47. The van der Waals surface area contributed by atoms with E-state index in [2.05, 4.69) is 11.8 Å². The van der Waals surface area contributed by atoms with Gasteiger partial charge in [-0.3, -0.25) is 0 Å². The van der Waals surface area contributed by atoms with Gasteiger partial charge in [-0.25, -0.2) is 0 Å². The van der Waals surface area contributed by atoms with Crippen LogP contribution in [0.2, 0.25) is 0 Å². The highest BCUT2D eigenvalue weighted by Crippen LogP contribution is 2.32. The normalized spacial score (nSPS) is 26.0. The summed E-state index contributed by atoms with van der Waals surface area (Å²) in [6, 6.07) is 0. The molecule has 2 saturated heterocycles. The molecule has 0 amide bonds. The fourth-order valence-corrected chi connectivity index (χ4v) is 2.47. The van der Waals surface area contributed by atoms with E-state index >= 15 is 0 Å². The molecule has 3 heteroatoms. The van der Waals surface area contributed by atoms with Crippen molar-refractivity contribution in [3.8, 4) is 0 Å². The Kier molecular flexibility index (Phi) is 3.65. The van der Waals surface area contributed by atoms with Crippen LogP contribution in [-0.4, -0.2) is 44.3 Å². The van der Waals surface area contributed by atoms with E-state index < -0.39 is 0 Å². The summed E-state index contributed by atoms with van der Waals surface area (Å²) >= 11 is 0. The Bertz CT molecular complexity index is 198. The number of hydrogen-bond donors (Lipinski definition) is 1. The van der Waals surface area contributed by atoms with Gasteiger partial charge >= 0.3 is 0 Å². The van der Waals surface area contributed by atoms with Crippen LogP contribution in [0.15, 0.2) is 0 Å². The molecule has 0 radical (unpaired) electrons. The van der Waals surface area contributed by atoms with Gasteiger partial charge in [-0.1, -0.05) is 6.92 Å². The molecule has 0 atom stereocenters. The number of likely N-dealkylation sites (tertiary alicyclic amines) is 1. The smallest absolute Gasteiger partial charge is 0.0542 e. The van der Waals surface area contributed by atoms with Crippen molar-refractivity contribution in [3.05, 3.63) is 0 Å². The lowest BCUT2D eigenvalue weighted by Gasteiger charge is -2.44. The van der Waals surface area contributed by atoms with Crippen molar-refractivity contribution in [1.82, 2.24) is 4.90 Å². The summed E-state index contributed by atoms with van der Waals surface area (Å²) in [5.74, 6) is 0.930. The minimum absolute atomic E-state index is 0.488. The van der Waals surface area contributed by atoms with Gasteiger partial charge in [0.1, 0.15) is 0 Å². The Morgan fingerprint density at radius 3 is 2.67 bits per heavy atom. The topological polar surface area (TPSA) is 38.5 Å². The molecule has 3 nitrogen and oxygen atoms in total. The minimum atomic E-state index is 0.488. The first-order valence-electron chi connectivity index (χ1n) is 6.22. The third kappa shape index (κ3) is 2.92. The van der Waals surface area contributed by atoms with E-state index in [1.54, 1.807) is 0 Å². The van der Waals surface area contributed by atoms with Crippen molar-refractivity contribution in [3.63, 3.8) is 0 Å². The van der Waals surface area contributed by atoms with Crippen LogP contribution in [-0.2, 0) is 4.74 Å². The van der Waals surface area contributed by atoms with E-state index in [4.69, 9.17) is 10.5 Å². The highest BCUT2D eigenvalue weighted by atomic mass is 16.5. The molecule has 0 aromatic carbocycles. The van der Waals surface area contributed by atoms with E-state index in [1.807, 2.05) is 0 Å². The minimum Gasteiger partial charge on any atom is -0.380 e. The van der Waals surface area contributed by atoms with Crippen molar-refractivity contribution < 1.29 is 4.74 Å². The zero-order valence-electron chi connectivity index (χ0n) is 9.87. The predicted molar refractivity (Wildman–Crippen MR) is 61.8 cm³/mol. The van der Waals surface area contributed by atoms with Crippen LogP contribution in [0.25, 0.3) is 0 Å². The third-order valence-corrected chi connectivity index (χ3v) is 3.78. The summed E-state index contributed by atoms with van der Waals surface area (Å²) in [6.45, 7) is 9.00. The molecular weight excluding hydrogens is 188 g/mol. The lowest BCUT2D eigenvalue weighted by molar-refractivity contribution is -0.111. The van der Waals surface area contributed by atoms with Gasteiger partial charge in [0.05, 0.1) is 13.2 Å². The summed E-state index contributed by atoms with van der Waals surface area (Å²) < 4.78 is 5.26. The van der Waals surface area contributed by atoms with Crippen molar-refractivity contribution in [2.75, 3.05) is 39.4 Å². The molecular formula is C12H24N2O. The molecule has 0 spiro atoms. The van der Waals surface area contributed by atoms with E-state index in [0.717, 1.165) is 25.7 Å². The molecule has 2 N–H and O–H groups in total. The highest BCUT2D eigenvalue weighted by Gasteiger charge is 2.35. The number of nitrogens with two attached hydrogens (primary N) is 1. The van der Waals surface area contributed by atoms with Crippen molar-refractivity contribution in [1.29, 1.82) is 0 Å². The second-order valence-electron chi connectivity index (χ2n) is 5.61. The van der Waals surface area contributed by atoms with Gasteiger partial charge < -0.3 is 15.4 Å². The first-order chi connectivity index (χ1) is 7.22. The van der Waals surface area contributed by atoms with Crippen LogP contribution in [0.1, 0.15) is 26.2 Å². The van der Waals surface area contributed by atoms with Crippen molar-refractivity contribution in [2.45, 2.75) is 26.2 Å². The fraction of sp³-hybridized carbons (Fsp3) is 1.00. The molecule has 2 fully saturated rings. The Balaban J connectivity index is 1.52. The Morgan fingerprint density at radius 1 is 1.40 bits per heavy atom. The molecule has 2 rings (SSSR count). The second kappa shape index (κ2) is 4.81. The van der Waals surface area contributed by atoms with Crippen LogP contribution < -0.4 is 5.73 Å². The molecule has 2 aliphatic rings. The summed E-state index contributed by atoms with van der Waals surface area (Å²) in [7, 11) is 0. The molecule has 15 heavy (non-hydrogen) atoms. The summed E-state index contributed by atoms with van der Waals surface area (Å²) in [5.41, 5.74) is 5.99. The molecule has 0 bridgehead atoms. The van der Waals surface area contributed by atoms with Gasteiger partial charge in [0.2, 0.25) is 0 Å². The van der Waals surface area contributed by atoms with Gasteiger partial charge in [-0.05, 0) is 38.3 Å². The van der Waals surface area contributed by atoms with Crippen LogP contribution in [0, 0.1) is 11.3 Å². The van der Waals surface area contributed by atoms with E-state index in [1.165, 1.54) is 38.9 Å². The number of rotatable bonds is 6. The first-order valence-corrected chi connectivity index (χ1v) is 6.22. The standard InChI is InChI=1S/C12H24N2O/c1-12(9-15-10-12)4-6-14-7-11(8-14)3-2-5-13/h11H,2-10,13H2,1H3. The highest BCUT2D eigenvalue weighted by molar-refractivity contribution is 4.85. The van der Waals surface area contributed by atoms with Crippen LogP contribution in [0.3, 0.4) is 0 Å². The summed E-state index contributed by atoms with van der Waals surface area (Å²) in [5, 5.41) is 0. The Morgan fingerprint density at radius 2 is 2.13 bits per heavy atom. The molecule has 0 aromatic heterocycles. The number of nitrogens with zero attached hydrogens (tertiary/aromatic N) is 1.